The van der Waals surface area contributed by atoms with Gasteiger partial charge < -0.3 is 29.8 Å². The number of hydrogen-bond donors (Lipinski definition) is 3. The summed E-state index contributed by atoms with van der Waals surface area (Å²) in [6, 6.07) is 13.9. The summed E-state index contributed by atoms with van der Waals surface area (Å²) < 4.78 is 56.4. The smallest absolute Gasteiger partial charge is 0.416 e. The average Bonchev–Trinajstić information content (AvgIpc) is 3.30. The number of hydrogen-bond acceptors (Lipinski definition) is 5. The highest BCUT2D eigenvalue weighted by atomic mass is 19.4. The van der Waals surface area contributed by atoms with Crippen LogP contribution in [0.25, 0.3) is 10.9 Å². The Labute approximate surface area is 211 Å². The first-order valence-electron chi connectivity index (χ1n) is 11.4. The van der Waals surface area contributed by atoms with Crippen LogP contribution in [0.3, 0.4) is 0 Å². The molecule has 0 atom stereocenters. The Balaban J connectivity index is 1.60. The van der Waals surface area contributed by atoms with E-state index in [4.69, 9.17) is 14.2 Å². The van der Waals surface area contributed by atoms with E-state index in [0.29, 0.717) is 29.4 Å². The molecule has 1 heterocycles. The van der Waals surface area contributed by atoms with Gasteiger partial charge in [0.05, 0.1) is 38.1 Å². The fraction of sp³-hybridized carbons (Fsp3) is 0.222. The highest BCUT2D eigenvalue weighted by molar-refractivity contribution is 6.00. The number of aromatic nitrogens is 1. The van der Waals surface area contributed by atoms with E-state index in [1.165, 1.54) is 27.4 Å². The number of alkyl halides is 3. The van der Waals surface area contributed by atoms with Gasteiger partial charge in [0, 0.05) is 41.5 Å². The van der Waals surface area contributed by atoms with Crippen LogP contribution in [0.5, 0.6) is 17.2 Å². The van der Waals surface area contributed by atoms with E-state index < -0.39 is 17.6 Å². The Morgan fingerprint density at radius 2 is 1.65 bits per heavy atom. The lowest BCUT2D eigenvalue weighted by Crippen LogP contribution is -2.27. The van der Waals surface area contributed by atoms with Crippen molar-refractivity contribution in [1.82, 2.24) is 10.3 Å². The van der Waals surface area contributed by atoms with Crippen molar-refractivity contribution in [3.8, 4) is 17.2 Å². The van der Waals surface area contributed by atoms with E-state index in [-0.39, 0.29) is 17.8 Å². The van der Waals surface area contributed by atoms with E-state index in [1.54, 1.807) is 12.1 Å². The van der Waals surface area contributed by atoms with E-state index in [9.17, 15) is 18.0 Å². The fourth-order valence-electron chi connectivity index (χ4n) is 4.07. The van der Waals surface area contributed by atoms with E-state index in [1.807, 2.05) is 30.5 Å². The Morgan fingerprint density at radius 3 is 2.30 bits per heavy atom. The molecule has 194 valence electrons. The van der Waals surface area contributed by atoms with Crippen LogP contribution < -0.4 is 24.8 Å². The Bertz CT molecular complexity index is 1390. The van der Waals surface area contributed by atoms with Crippen molar-refractivity contribution in [2.45, 2.75) is 12.6 Å². The number of ether oxygens (including phenoxy) is 3. The summed E-state index contributed by atoms with van der Waals surface area (Å²) in [5.74, 6) is 0.418. The van der Waals surface area contributed by atoms with Crippen LogP contribution in [0, 0.1) is 0 Å². The maximum Gasteiger partial charge on any atom is 0.416 e. The number of carbonyl (C=O) groups is 1. The predicted molar refractivity (Wildman–Crippen MR) is 135 cm³/mol. The fourth-order valence-corrected chi connectivity index (χ4v) is 4.07. The Morgan fingerprint density at radius 1 is 0.946 bits per heavy atom. The maximum absolute atomic E-state index is 13.5. The van der Waals surface area contributed by atoms with Gasteiger partial charge >= 0.3 is 6.18 Å². The first-order chi connectivity index (χ1) is 17.7. The number of rotatable bonds is 9. The van der Waals surface area contributed by atoms with E-state index in [0.717, 1.165) is 28.6 Å². The third-order valence-corrected chi connectivity index (χ3v) is 5.89. The van der Waals surface area contributed by atoms with Crippen LogP contribution in [-0.4, -0.2) is 38.8 Å². The van der Waals surface area contributed by atoms with Gasteiger partial charge in [-0.05, 0) is 36.2 Å². The zero-order chi connectivity index (χ0) is 26.6. The molecule has 1 amide bonds. The third-order valence-electron chi connectivity index (χ3n) is 5.89. The van der Waals surface area contributed by atoms with Gasteiger partial charge in [-0.15, -0.1) is 0 Å². The summed E-state index contributed by atoms with van der Waals surface area (Å²) >= 11 is 0. The van der Waals surface area contributed by atoms with Crippen molar-refractivity contribution < 1.29 is 32.2 Å². The summed E-state index contributed by atoms with van der Waals surface area (Å²) in [4.78, 5) is 16.2. The maximum atomic E-state index is 13.5. The molecule has 0 radical (unpaired) electrons. The molecule has 0 aliphatic rings. The first kappa shape index (κ1) is 25.7. The number of nitrogens with one attached hydrogen (secondary N) is 3. The number of halogens is 3. The third kappa shape index (κ3) is 5.58. The van der Waals surface area contributed by atoms with Gasteiger partial charge in [-0.25, -0.2) is 0 Å². The zero-order valence-corrected chi connectivity index (χ0v) is 20.5. The molecule has 0 saturated carbocycles. The van der Waals surface area contributed by atoms with Crippen molar-refractivity contribution in [3.63, 3.8) is 0 Å². The summed E-state index contributed by atoms with van der Waals surface area (Å²) in [5, 5.41) is 6.78. The monoisotopic (exact) mass is 513 g/mol. The van der Waals surface area contributed by atoms with Crippen molar-refractivity contribution >= 4 is 28.2 Å². The van der Waals surface area contributed by atoms with Crippen molar-refractivity contribution in [3.05, 3.63) is 77.5 Å². The van der Waals surface area contributed by atoms with Crippen LogP contribution in [-0.2, 0) is 12.6 Å². The lowest BCUT2D eigenvalue weighted by atomic mass is 10.1. The normalized spacial score (nSPS) is 11.3. The lowest BCUT2D eigenvalue weighted by molar-refractivity contribution is -0.137. The van der Waals surface area contributed by atoms with Gasteiger partial charge in [0.2, 0.25) is 5.75 Å². The molecule has 4 aromatic rings. The van der Waals surface area contributed by atoms with Gasteiger partial charge in [0.15, 0.2) is 11.5 Å². The topological polar surface area (TPSA) is 84.6 Å². The molecule has 1 aromatic heterocycles. The number of carbonyl (C=O) groups excluding carboxylic acids is 1. The Hall–Kier alpha value is -4.34. The summed E-state index contributed by atoms with van der Waals surface area (Å²) in [6.07, 6.45) is -2.24. The highest BCUT2D eigenvalue weighted by Gasteiger charge is 2.32. The molecule has 10 heteroatoms. The van der Waals surface area contributed by atoms with E-state index in [2.05, 4.69) is 15.6 Å². The lowest BCUT2D eigenvalue weighted by Gasteiger charge is -2.18. The molecule has 0 bridgehead atoms. The number of fused-ring (bicyclic) bond motifs is 1. The molecule has 3 aromatic carbocycles. The second kappa shape index (κ2) is 10.7. The predicted octanol–water partition coefficient (Wildman–Crippen LogP) is 5.93. The number of anilines is 2. The number of benzene rings is 3. The second-order valence-corrected chi connectivity index (χ2v) is 8.16. The standard InChI is InChI=1S/C27H26F3N3O4/c1-35-23-13-18(14-24(36-2)25(23)37-3)33-22-9-8-17(27(28,29)30)12-20(22)26(34)31-11-10-16-15-32-21-7-5-4-6-19(16)21/h4-9,12-15,32-33H,10-11H2,1-3H3,(H,31,34). The number of aromatic amines is 1. The SMILES string of the molecule is COc1cc(Nc2ccc(C(F)(F)F)cc2C(=O)NCCc2c[nH]c3ccccc23)cc(OC)c1OC. The molecule has 37 heavy (non-hydrogen) atoms. The van der Waals surface area contributed by atoms with Crippen LogP contribution in [0.1, 0.15) is 21.5 Å². The molecule has 0 unspecified atom stereocenters. The Kier molecular flexibility index (Phi) is 7.47. The molecule has 0 saturated heterocycles. The average molecular weight is 514 g/mol. The zero-order valence-electron chi connectivity index (χ0n) is 20.5. The summed E-state index contributed by atoms with van der Waals surface area (Å²) in [6.45, 7) is 0.237. The van der Waals surface area contributed by atoms with Crippen molar-refractivity contribution in [2.24, 2.45) is 0 Å². The molecule has 0 aliphatic carbocycles. The quantitative estimate of drug-likeness (QED) is 0.258. The van der Waals surface area contributed by atoms with Gasteiger partial charge in [-0.2, -0.15) is 13.2 Å². The molecule has 7 nitrogen and oxygen atoms in total. The molecule has 0 aliphatic heterocycles. The van der Waals surface area contributed by atoms with Crippen molar-refractivity contribution in [1.29, 1.82) is 0 Å². The molecular formula is C27H26F3N3O4. The van der Waals surface area contributed by atoms with Crippen LogP contribution >= 0.6 is 0 Å². The minimum Gasteiger partial charge on any atom is -0.493 e. The minimum absolute atomic E-state index is 0.150. The van der Waals surface area contributed by atoms with Gasteiger partial charge in [-0.3, -0.25) is 4.79 Å². The van der Waals surface area contributed by atoms with Crippen LogP contribution in [0.15, 0.2) is 60.8 Å². The van der Waals surface area contributed by atoms with Gasteiger partial charge in [0.1, 0.15) is 0 Å². The van der Waals surface area contributed by atoms with Gasteiger partial charge in [0.25, 0.3) is 5.91 Å². The minimum atomic E-state index is -4.61. The van der Waals surface area contributed by atoms with Crippen LogP contribution in [0.4, 0.5) is 24.5 Å². The van der Waals surface area contributed by atoms with Crippen LogP contribution in [0.2, 0.25) is 0 Å². The number of amides is 1. The molecule has 4 rings (SSSR count). The number of para-hydroxylation sites is 1. The summed E-state index contributed by atoms with van der Waals surface area (Å²) in [7, 11) is 4.36. The van der Waals surface area contributed by atoms with Gasteiger partial charge in [-0.1, -0.05) is 18.2 Å². The molecule has 3 N–H and O–H groups in total. The molecular weight excluding hydrogens is 487 g/mol. The number of H-pyrrole nitrogens is 1. The molecule has 0 spiro atoms. The van der Waals surface area contributed by atoms with E-state index >= 15 is 0 Å². The first-order valence-corrected chi connectivity index (χ1v) is 11.4. The highest BCUT2D eigenvalue weighted by Crippen LogP contribution is 2.41. The molecule has 0 fully saturated rings. The number of methoxy groups -OCH3 is 3. The van der Waals surface area contributed by atoms with Crippen molar-refractivity contribution in [2.75, 3.05) is 33.2 Å². The summed E-state index contributed by atoms with van der Waals surface area (Å²) in [5.41, 5.74) is 1.51. The second-order valence-electron chi connectivity index (χ2n) is 8.16. The largest absolute Gasteiger partial charge is 0.493 e.